The molecule has 0 aromatic heterocycles. The fourth-order valence-corrected chi connectivity index (χ4v) is 6.46. The van der Waals surface area contributed by atoms with Crippen molar-refractivity contribution >= 4 is 43.5 Å². The number of amides is 2. The van der Waals surface area contributed by atoms with Crippen molar-refractivity contribution in [1.29, 1.82) is 0 Å². The lowest BCUT2D eigenvalue weighted by Gasteiger charge is -2.34. The molecule has 8 nitrogen and oxygen atoms in total. The molecule has 2 amide bonds. The number of para-hydroxylation sites is 1. The van der Waals surface area contributed by atoms with Gasteiger partial charge in [0.05, 0.1) is 17.7 Å². The molecule has 10 heteroatoms. The molecule has 4 aromatic rings. The van der Waals surface area contributed by atoms with E-state index in [0.29, 0.717) is 17.9 Å². The fourth-order valence-electron chi connectivity index (χ4n) is 4.78. The highest BCUT2D eigenvalue weighted by molar-refractivity contribution is 9.10. The summed E-state index contributed by atoms with van der Waals surface area (Å²) in [6, 6.07) is 30.5. The molecule has 0 heterocycles. The summed E-state index contributed by atoms with van der Waals surface area (Å²) in [5.41, 5.74) is 2.00. The topological polar surface area (TPSA) is 96.0 Å². The van der Waals surface area contributed by atoms with E-state index in [4.69, 9.17) is 4.74 Å². The SMILES string of the molecule is CCC(C)NC(=O)C(Cc1ccccc1)N(Cc1ccc(Br)cc1)C(=O)CN(c1ccccc1)S(=O)(=O)c1ccc(OC)cc1. The van der Waals surface area contributed by atoms with Crippen LogP contribution in [0.3, 0.4) is 0 Å². The van der Waals surface area contributed by atoms with Gasteiger partial charge in [0.2, 0.25) is 11.8 Å². The van der Waals surface area contributed by atoms with Crippen molar-refractivity contribution < 1.29 is 22.7 Å². The van der Waals surface area contributed by atoms with Crippen LogP contribution in [-0.2, 0) is 32.6 Å². The minimum Gasteiger partial charge on any atom is -0.497 e. The molecule has 0 spiro atoms. The first-order valence-corrected chi connectivity index (χ1v) is 17.0. The van der Waals surface area contributed by atoms with Crippen molar-refractivity contribution in [3.05, 3.63) is 125 Å². The summed E-state index contributed by atoms with van der Waals surface area (Å²) in [6.07, 6.45) is 0.967. The molecule has 0 aliphatic rings. The number of carbonyl (C=O) groups is 2. The van der Waals surface area contributed by atoms with Gasteiger partial charge in [-0.1, -0.05) is 83.5 Å². The van der Waals surface area contributed by atoms with Crippen molar-refractivity contribution in [1.82, 2.24) is 10.2 Å². The van der Waals surface area contributed by atoms with Crippen LogP contribution in [0.25, 0.3) is 0 Å². The standard InChI is InChI=1S/C35H38BrN3O5S/c1-4-26(2)37-35(41)33(23-27-11-7-5-8-12-27)38(24-28-15-17-29(36)18-16-28)34(40)25-39(30-13-9-6-10-14-30)45(42,43)32-21-19-31(44-3)20-22-32/h5-22,26,33H,4,23-25H2,1-3H3,(H,37,41). The van der Waals surface area contributed by atoms with E-state index in [1.165, 1.54) is 24.1 Å². The van der Waals surface area contributed by atoms with Crippen LogP contribution in [-0.4, -0.2) is 50.9 Å². The molecule has 236 valence electrons. The number of methoxy groups -OCH3 is 1. The van der Waals surface area contributed by atoms with E-state index in [-0.39, 0.29) is 29.8 Å². The van der Waals surface area contributed by atoms with E-state index < -0.39 is 28.5 Å². The Morgan fingerprint density at radius 3 is 2.02 bits per heavy atom. The van der Waals surface area contributed by atoms with Crippen molar-refractivity contribution in [2.24, 2.45) is 0 Å². The van der Waals surface area contributed by atoms with Gasteiger partial charge < -0.3 is 15.0 Å². The maximum Gasteiger partial charge on any atom is 0.264 e. The third-order valence-corrected chi connectivity index (χ3v) is 9.83. The molecule has 1 N–H and O–H groups in total. The van der Waals surface area contributed by atoms with Gasteiger partial charge in [0, 0.05) is 23.5 Å². The van der Waals surface area contributed by atoms with E-state index in [1.807, 2.05) is 68.4 Å². The van der Waals surface area contributed by atoms with Crippen molar-refractivity contribution in [2.45, 2.75) is 50.2 Å². The monoisotopic (exact) mass is 691 g/mol. The van der Waals surface area contributed by atoms with E-state index in [1.54, 1.807) is 42.5 Å². The van der Waals surface area contributed by atoms with Gasteiger partial charge in [-0.15, -0.1) is 0 Å². The zero-order valence-corrected chi connectivity index (χ0v) is 28.0. The van der Waals surface area contributed by atoms with Gasteiger partial charge in [0.25, 0.3) is 10.0 Å². The lowest BCUT2D eigenvalue weighted by Crippen LogP contribution is -2.54. The molecule has 4 aromatic carbocycles. The first-order valence-electron chi connectivity index (χ1n) is 14.7. The second-order valence-corrected chi connectivity index (χ2v) is 13.5. The van der Waals surface area contributed by atoms with Crippen LogP contribution in [0.4, 0.5) is 5.69 Å². The molecular weight excluding hydrogens is 654 g/mol. The van der Waals surface area contributed by atoms with Gasteiger partial charge in [-0.25, -0.2) is 8.42 Å². The predicted octanol–water partition coefficient (Wildman–Crippen LogP) is 6.21. The quantitative estimate of drug-likeness (QED) is 0.170. The van der Waals surface area contributed by atoms with Gasteiger partial charge in [0.1, 0.15) is 18.3 Å². The van der Waals surface area contributed by atoms with Crippen molar-refractivity contribution in [2.75, 3.05) is 18.0 Å². The fraction of sp³-hybridized carbons (Fsp3) is 0.257. The van der Waals surface area contributed by atoms with Gasteiger partial charge >= 0.3 is 0 Å². The van der Waals surface area contributed by atoms with Gasteiger partial charge in [0.15, 0.2) is 0 Å². The van der Waals surface area contributed by atoms with Crippen molar-refractivity contribution in [3.8, 4) is 5.75 Å². The Balaban J connectivity index is 1.78. The number of hydrogen-bond acceptors (Lipinski definition) is 5. The number of anilines is 1. The van der Waals surface area contributed by atoms with Crippen LogP contribution in [0.1, 0.15) is 31.4 Å². The number of sulfonamides is 1. The molecular formula is C35H38BrN3O5S. The summed E-state index contributed by atoms with van der Waals surface area (Å²) in [5.74, 6) is -0.310. The molecule has 2 atom stereocenters. The summed E-state index contributed by atoms with van der Waals surface area (Å²) in [6.45, 7) is 3.47. The minimum atomic E-state index is -4.19. The molecule has 0 fully saturated rings. The Hall–Kier alpha value is -4.15. The number of halogens is 1. The average Bonchev–Trinajstić information content (AvgIpc) is 3.06. The third kappa shape index (κ3) is 8.95. The van der Waals surface area contributed by atoms with Crippen molar-refractivity contribution in [3.63, 3.8) is 0 Å². The van der Waals surface area contributed by atoms with Crippen LogP contribution in [0, 0.1) is 0 Å². The highest BCUT2D eigenvalue weighted by Gasteiger charge is 2.35. The highest BCUT2D eigenvalue weighted by Crippen LogP contribution is 2.26. The Labute approximate surface area is 274 Å². The van der Waals surface area contributed by atoms with E-state index in [0.717, 1.165) is 19.9 Å². The summed E-state index contributed by atoms with van der Waals surface area (Å²) in [4.78, 5) is 29.9. The maximum atomic E-state index is 14.5. The molecule has 0 radical (unpaired) electrons. The summed E-state index contributed by atoms with van der Waals surface area (Å²) < 4.78 is 35.4. The number of ether oxygens (including phenoxy) is 1. The normalized spacial score (nSPS) is 12.5. The van der Waals surface area contributed by atoms with Gasteiger partial charge in [-0.05, 0) is 73.0 Å². The molecule has 4 rings (SSSR count). The first kappa shape index (κ1) is 33.7. The first-order chi connectivity index (χ1) is 21.6. The summed E-state index contributed by atoms with van der Waals surface area (Å²) in [5, 5.41) is 3.05. The third-order valence-electron chi connectivity index (χ3n) is 7.51. The molecule has 45 heavy (non-hydrogen) atoms. The zero-order valence-electron chi connectivity index (χ0n) is 25.6. The smallest absolute Gasteiger partial charge is 0.264 e. The van der Waals surface area contributed by atoms with Crippen LogP contribution in [0.2, 0.25) is 0 Å². The Kier molecular flexibility index (Phi) is 11.8. The molecule has 0 saturated heterocycles. The second kappa shape index (κ2) is 15.7. The number of hydrogen-bond donors (Lipinski definition) is 1. The number of nitrogens with zero attached hydrogens (tertiary/aromatic N) is 2. The predicted molar refractivity (Wildman–Crippen MR) is 180 cm³/mol. The molecule has 0 bridgehead atoms. The zero-order chi connectivity index (χ0) is 32.4. The largest absolute Gasteiger partial charge is 0.497 e. The number of benzene rings is 4. The van der Waals surface area contributed by atoms with Crippen LogP contribution in [0.15, 0.2) is 119 Å². The van der Waals surface area contributed by atoms with Crippen LogP contribution < -0.4 is 14.4 Å². The molecule has 0 aliphatic heterocycles. The van der Waals surface area contributed by atoms with Crippen LogP contribution in [0.5, 0.6) is 5.75 Å². The maximum absolute atomic E-state index is 14.5. The number of rotatable bonds is 14. The number of nitrogens with one attached hydrogen (secondary N) is 1. The summed E-state index contributed by atoms with van der Waals surface area (Å²) >= 11 is 3.46. The van der Waals surface area contributed by atoms with Gasteiger partial charge in [-0.2, -0.15) is 0 Å². The van der Waals surface area contributed by atoms with E-state index in [9.17, 15) is 18.0 Å². The number of carbonyl (C=O) groups excluding carboxylic acids is 2. The lowest BCUT2D eigenvalue weighted by atomic mass is 10.0. The van der Waals surface area contributed by atoms with E-state index >= 15 is 0 Å². The Morgan fingerprint density at radius 1 is 0.844 bits per heavy atom. The highest BCUT2D eigenvalue weighted by atomic mass is 79.9. The van der Waals surface area contributed by atoms with Crippen LogP contribution >= 0.6 is 15.9 Å². The van der Waals surface area contributed by atoms with E-state index in [2.05, 4.69) is 21.2 Å². The minimum absolute atomic E-state index is 0.00904. The van der Waals surface area contributed by atoms with Gasteiger partial charge in [-0.3, -0.25) is 13.9 Å². The molecule has 0 aliphatic carbocycles. The Bertz CT molecular complexity index is 1650. The Morgan fingerprint density at radius 2 is 1.44 bits per heavy atom. The molecule has 0 saturated carbocycles. The lowest BCUT2D eigenvalue weighted by molar-refractivity contribution is -0.140. The average molecular weight is 693 g/mol. The molecule has 2 unspecified atom stereocenters. The summed E-state index contributed by atoms with van der Waals surface area (Å²) in [7, 11) is -2.69. The second-order valence-electron chi connectivity index (χ2n) is 10.7.